The van der Waals surface area contributed by atoms with E-state index in [4.69, 9.17) is 16.7 Å². The summed E-state index contributed by atoms with van der Waals surface area (Å²) in [6.45, 7) is 1.80. The van der Waals surface area contributed by atoms with E-state index in [1.807, 2.05) is 0 Å². The number of hydrogen-bond acceptors (Lipinski definition) is 2. The molecule has 0 bridgehead atoms. The van der Waals surface area contributed by atoms with Crippen molar-refractivity contribution in [3.63, 3.8) is 0 Å². The molecule has 1 aliphatic rings. The third-order valence-electron chi connectivity index (χ3n) is 2.06. The van der Waals surface area contributed by atoms with E-state index in [-0.39, 0.29) is 12.0 Å². The number of aliphatic hydroxyl groups is 1. The lowest BCUT2D eigenvalue weighted by Crippen LogP contribution is -2.15. The van der Waals surface area contributed by atoms with Crippen molar-refractivity contribution in [3.05, 3.63) is 0 Å². The second kappa shape index (κ2) is 1.70. The lowest BCUT2D eigenvalue weighted by atomic mass is 10.1. The predicted molar refractivity (Wildman–Crippen MR) is 34.5 cm³/mol. The van der Waals surface area contributed by atoms with Crippen molar-refractivity contribution >= 4 is 17.9 Å². The highest BCUT2D eigenvalue weighted by Gasteiger charge is 2.63. The minimum atomic E-state index is -0.762. The number of hydrogen-bond donors (Lipinski definition) is 1. The molecule has 1 fully saturated rings. The Morgan fingerprint density at radius 2 is 2.44 bits per heavy atom. The molecular formula is C6H9ClO2. The van der Waals surface area contributed by atoms with Crippen LogP contribution in [0.25, 0.3) is 0 Å². The highest BCUT2D eigenvalue weighted by molar-refractivity contribution is 6.34. The first-order valence-electron chi connectivity index (χ1n) is 2.84. The zero-order chi connectivity index (χ0) is 7.12. The molecule has 0 radical (unpaired) electrons. The average molecular weight is 149 g/mol. The van der Waals surface area contributed by atoms with Crippen LogP contribution in [0.5, 0.6) is 0 Å². The van der Waals surface area contributed by atoms with Gasteiger partial charge in [-0.25, -0.2) is 0 Å². The molecule has 0 unspecified atom stereocenters. The quantitative estimate of drug-likeness (QED) is 0.459. The van der Waals surface area contributed by atoms with E-state index < -0.39 is 4.87 Å². The topological polar surface area (TPSA) is 37.3 Å². The SMILES string of the molecule is C[C@@]1(CO)C[C@@]1(Cl)C=O. The molecule has 2 atom stereocenters. The summed E-state index contributed by atoms with van der Waals surface area (Å²) in [5, 5.41) is 8.69. The summed E-state index contributed by atoms with van der Waals surface area (Å²) in [5.41, 5.74) is -0.351. The summed E-state index contributed by atoms with van der Waals surface area (Å²) in [5.74, 6) is 0. The van der Waals surface area contributed by atoms with Crippen molar-refractivity contribution in [3.8, 4) is 0 Å². The Hall–Kier alpha value is -0.0800. The van der Waals surface area contributed by atoms with Crippen molar-refractivity contribution < 1.29 is 9.90 Å². The van der Waals surface area contributed by atoms with Crippen LogP contribution >= 0.6 is 11.6 Å². The molecule has 0 heterocycles. The first kappa shape index (κ1) is 7.03. The van der Waals surface area contributed by atoms with Crippen LogP contribution in [0.15, 0.2) is 0 Å². The van der Waals surface area contributed by atoms with Crippen molar-refractivity contribution in [1.29, 1.82) is 0 Å². The summed E-state index contributed by atoms with van der Waals surface area (Å²) < 4.78 is 0. The number of carbonyl (C=O) groups is 1. The third-order valence-corrected chi connectivity index (χ3v) is 2.74. The van der Waals surface area contributed by atoms with E-state index in [2.05, 4.69) is 0 Å². The average Bonchev–Trinajstić information content (AvgIpc) is 2.39. The molecule has 1 saturated carbocycles. The maximum Gasteiger partial charge on any atom is 0.141 e. The van der Waals surface area contributed by atoms with Gasteiger partial charge in [0.1, 0.15) is 11.2 Å². The van der Waals surface area contributed by atoms with E-state index in [9.17, 15) is 4.79 Å². The number of aldehydes is 1. The number of carbonyl (C=O) groups excluding carboxylic acids is 1. The minimum Gasteiger partial charge on any atom is -0.396 e. The molecule has 0 aromatic rings. The summed E-state index contributed by atoms with van der Waals surface area (Å²) in [4.78, 5) is 9.46. The first-order chi connectivity index (χ1) is 4.08. The van der Waals surface area contributed by atoms with Gasteiger partial charge in [0.25, 0.3) is 0 Å². The summed E-state index contributed by atoms with van der Waals surface area (Å²) in [7, 11) is 0. The van der Waals surface area contributed by atoms with Crippen molar-refractivity contribution in [2.45, 2.75) is 18.2 Å². The molecule has 1 aliphatic carbocycles. The Kier molecular flexibility index (Phi) is 1.33. The van der Waals surface area contributed by atoms with Gasteiger partial charge in [0.2, 0.25) is 0 Å². The highest BCUT2D eigenvalue weighted by Crippen LogP contribution is 2.58. The first-order valence-corrected chi connectivity index (χ1v) is 3.22. The predicted octanol–water partition coefficient (Wildman–Crippen LogP) is 0.565. The fraction of sp³-hybridized carbons (Fsp3) is 0.833. The fourth-order valence-corrected chi connectivity index (χ4v) is 1.25. The van der Waals surface area contributed by atoms with Crippen LogP contribution in [0.3, 0.4) is 0 Å². The maximum atomic E-state index is 10.2. The Bertz CT molecular complexity index is 148. The van der Waals surface area contributed by atoms with Gasteiger partial charge in [-0.1, -0.05) is 6.92 Å². The highest BCUT2D eigenvalue weighted by atomic mass is 35.5. The van der Waals surface area contributed by atoms with Crippen molar-refractivity contribution in [2.24, 2.45) is 5.41 Å². The smallest absolute Gasteiger partial charge is 0.141 e. The van der Waals surface area contributed by atoms with Crippen LogP contribution < -0.4 is 0 Å². The summed E-state index contributed by atoms with van der Waals surface area (Å²) in [6, 6.07) is 0. The Labute approximate surface area is 58.8 Å². The lowest BCUT2D eigenvalue weighted by Gasteiger charge is -2.05. The van der Waals surface area contributed by atoms with Gasteiger partial charge in [0.15, 0.2) is 0 Å². The van der Waals surface area contributed by atoms with Gasteiger partial charge in [0.05, 0.1) is 6.61 Å². The minimum absolute atomic E-state index is 0.00472. The molecule has 1 rings (SSSR count). The Morgan fingerprint density at radius 3 is 2.56 bits per heavy atom. The van der Waals surface area contributed by atoms with Gasteiger partial charge in [-0.2, -0.15) is 0 Å². The second-order valence-electron chi connectivity index (χ2n) is 2.88. The van der Waals surface area contributed by atoms with Gasteiger partial charge >= 0.3 is 0 Å². The van der Waals surface area contributed by atoms with Gasteiger partial charge < -0.3 is 9.90 Å². The summed E-state index contributed by atoms with van der Waals surface area (Å²) >= 11 is 5.71. The van der Waals surface area contributed by atoms with Crippen LogP contribution in [0, 0.1) is 5.41 Å². The monoisotopic (exact) mass is 148 g/mol. The Morgan fingerprint density at radius 1 is 1.89 bits per heavy atom. The van der Waals surface area contributed by atoms with E-state index >= 15 is 0 Å². The van der Waals surface area contributed by atoms with Crippen LogP contribution in [0.2, 0.25) is 0 Å². The Balaban J connectivity index is 2.64. The largest absolute Gasteiger partial charge is 0.396 e. The molecule has 52 valence electrons. The van der Waals surface area contributed by atoms with Crippen LogP contribution in [0.1, 0.15) is 13.3 Å². The van der Waals surface area contributed by atoms with Crippen LogP contribution in [0.4, 0.5) is 0 Å². The molecule has 1 N–H and O–H groups in total. The molecule has 0 spiro atoms. The van der Waals surface area contributed by atoms with E-state index in [1.54, 1.807) is 6.92 Å². The number of alkyl halides is 1. The standard InChI is InChI=1S/C6H9ClO2/c1-5(3-8)2-6(5,7)4-9/h4,8H,2-3H2,1H3/t5-,6+/m0/s1. The molecule has 0 amide bonds. The maximum absolute atomic E-state index is 10.2. The molecule has 0 aliphatic heterocycles. The van der Waals surface area contributed by atoms with E-state index in [0.717, 1.165) is 0 Å². The van der Waals surface area contributed by atoms with Gasteiger partial charge in [-0.05, 0) is 6.42 Å². The fourth-order valence-electron chi connectivity index (χ4n) is 0.895. The van der Waals surface area contributed by atoms with Gasteiger partial charge in [-0.15, -0.1) is 11.6 Å². The molecule has 0 saturated heterocycles. The third kappa shape index (κ3) is 0.775. The summed E-state index contributed by atoms with van der Waals surface area (Å²) in [6.07, 6.45) is 1.31. The van der Waals surface area contributed by atoms with Crippen LogP contribution in [-0.2, 0) is 4.79 Å². The van der Waals surface area contributed by atoms with Crippen molar-refractivity contribution in [2.75, 3.05) is 6.61 Å². The molecule has 9 heavy (non-hydrogen) atoms. The van der Waals surface area contributed by atoms with E-state index in [0.29, 0.717) is 12.7 Å². The zero-order valence-electron chi connectivity index (χ0n) is 5.22. The molecule has 0 aromatic heterocycles. The number of halogens is 1. The molecule has 3 heteroatoms. The van der Waals surface area contributed by atoms with E-state index in [1.165, 1.54) is 0 Å². The molecule has 0 aromatic carbocycles. The van der Waals surface area contributed by atoms with Crippen LogP contribution in [-0.4, -0.2) is 22.9 Å². The zero-order valence-corrected chi connectivity index (χ0v) is 5.98. The van der Waals surface area contributed by atoms with Gasteiger partial charge in [-0.3, -0.25) is 0 Å². The second-order valence-corrected chi connectivity index (χ2v) is 3.55. The number of aliphatic hydroxyl groups excluding tert-OH is 1. The molecular weight excluding hydrogens is 140 g/mol. The molecule has 2 nitrogen and oxygen atoms in total. The lowest BCUT2D eigenvalue weighted by molar-refractivity contribution is -0.108. The normalized spacial score (nSPS) is 48.8. The number of rotatable bonds is 2. The van der Waals surface area contributed by atoms with Gasteiger partial charge in [0, 0.05) is 5.41 Å². The van der Waals surface area contributed by atoms with Crippen molar-refractivity contribution in [1.82, 2.24) is 0 Å².